The first-order chi connectivity index (χ1) is 19.3. The highest BCUT2D eigenvalue weighted by molar-refractivity contribution is 5.95. The van der Waals surface area contributed by atoms with Crippen LogP contribution in [0.2, 0.25) is 0 Å². The molecule has 12 heteroatoms. The second-order valence-corrected chi connectivity index (χ2v) is 9.90. The molecule has 0 unspecified atom stereocenters. The summed E-state index contributed by atoms with van der Waals surface area (Å²) in [5, 5.41) is 17.3. The number of nitrogens with zero attached hydrogens (tertiary/aromatic N) is 6. The Labute approximate surface area is 224 Å². The van der Waals surface area contributed by atoms with E-state index in [2.05, 4.69) is 30.1 Å². The van der Waals surface area contributed by atoms with E-state index in [0.29, 0.717) is 63.6 Å². The number of benzene rings is 1. The maximum Gasteiger partial charge on any atom is 0.261 e. The zero-order valence-corrected chi connectivity index (χ0v) is 20.9. The van der Waals surface area contributed by atoms with Crippen molar-refractivity contribution in [3.05, 3.63) is 72.4 Å². The van der Waals surface area contributed by atoms with Crippen LogP contribution >= 0.6 is 0 Å². The van der Waals surface area contributed by atoms with Crippen molar-refractivity contribution < 1.29 is 18.3 Å². The number of nitrogens with one attached hydrogen (secondary N) is 2. The molecule has 1 aromatic carbocycles. The molecule has 1 aliphatic heterocycles. The first-order valence-corrected chi connectivity index (χ1v) is 12.6. The van der Waals surface area contributed by atoms with Gasteiger partial charge in [0.25, 0.3) is 5.92 Å². The fraction of sp³-hybridized carbons (Fsp3) is 0.179. The summed E-state index contributed by atoms with van der Waals surface area (Å²) in [6.07, 6.45) is 4.79. The Bertz CT molecular complexity index is 1880. The number of imidazole rings is 1. The van der Waals surface area contributed by atoms with E-state index in [1.54, 1.807) is 29.6 Å². The maximum atomic E-state index is 14.0. The van der Waals surface area contributed by atoms with Crippen LogP contribution in [0.4, 0.5) is 13.2 Å². The Morgan fingerprint density at radius 3 is 2.75 bits per heavy atom. The van der Waals surface area contributed by atoms with E-state index >= 15 is 0 Å². The number of alkyl halides is 2. The number of H-pyrrole nitrogens is 2. The average molecular weight is 543 g/mol. The van der Waals surface area contributed by atoms with Crippen molar-refractivity contribution in [1.82, 2.24) is 40.0 Å². The number of likely N-dealkylation sites (tertiary alicyclic amines) is 1. The summed E-state index contributed by atoms with van der Waals surface area (Å²) in [4.78, 5) is 23.0. The highest BCUT2D eigenvalue weighted by Gasteiger charge is 2.37. The van der Waals surface area contributed by atoms with Gasteiger partial charge in [0.1, 0.15) is 17.1 Å². The molecule has 6 heterocycles. The van der Waals surface area contributed by atoms with Gasteiger partial charge in [0.05, 0.1) is 23.3 Å². The molecule has 7 rings (SSSR count). The van der Waals surface area contributed by atoms with Crippen molar-refractivity contribution in [2.24, 2.45) is 0 Å². The highest BCUT2D eigenvalue weighted by Crippen LogP contribution is 2.33. The molecule has 9 nitrogen and oxygen atoms in total. The van der Waals surface area contributed by atoms with E-state index in [1.165, 1.54) is 12.1 Å². The quantitative estimate of drug-likeness (QED) is 0.270. The summed E-state index contributed by atoms with van der Waals surface area (Å²) >= 11 is 0. The third-order valence-corrected chi connectivity index (χ3v) is 6.96. The number of rotatable bonds is 5. The number of phenolic OH excluding ortho intramolecular Hbond substituents is 1. The van der Waals surface area contributed by atoms with E-state index < -0.39 is 11.7 Å². The predicted octanol–water partition coefficient (Wildman–Crippen LogP) is 5.31. The molecule has 200 valence electrons. The summed E-state index contributed by atoms with van der Waals surface area (Å²) in [6, 6.07) is 11.1. The number of hydrogen-bond donors (Lipinski definition) is 3. The van der Waals surface area contributed by atoms with Crippen molar-refractivity contribution in [2.75, 3.05) is 13.1 Å². The molecule has 0 bridgehead atoms. The molecule has 1 aliphatic rings. The molecular formula is C28H21F3N8O. The minimum Gasteiger partial charge on any atom is -0.508 e. The van der Waals surface area contributed by atoms with Gasteiger partial charge in [0.2, 0.25) is 0 Å². The van der Waals surface area contributed by atoms with Gasteiger partial charge in [0.15, 0.2) is 17.2 Å². The molecule has 0 atom stereocenters. The Hall–Kier alpha value is -4.84. The molecule has 0 aliphatic carbocycles. The van der Waals surface area contributed by atoms with Gasteiger partial charge in [-0.05, 0) is 47.5 Å². The predicted molar refractivity (Wildman–Crippen MR) is 142 cm³/mol. The van der Waals surface area contributed by atoms with Crippen LogP contribution in [-0.4, -0.2) is 64.1 Å². The summed E-state index contributed by atoms with van der Waals surface area (Å²) in [7, 11) is 0. The summed E-state index contributed by atoms with van der Waals surface area (Å²) in [5.41, 5.74) is 5.96. The van der Waals surface area contributed by atoms with Gasteiger partial charge in [-0.25, -0.2) is 28.1 Å². The topological polar surface area (TPSA) is 120 Å². The monoisotopic (exact) mass is 542 g/mol. The molecule has 0 spiro atoms. The number of aromatic nitrogens is 7. The summed E-state index contributed by atoms with van der Waals surface area (Å²) < 4.78 is 41.3. The normalized spacial score (nSPS) is 15.4. The van der Waals surface area contributed by atoms with Crippen molar-refractivity contribution in [3.8, 4) is 39.7 Å². The van der Waals surface area contributed by atoms with Crippen LogP contribution < -0.4 is 0 Å². The fourth-order valence-corrected chi connectivity index (χ4v) is 5.13. The Morgan fingerprint density at radius 1 is 1.02 bits per heavy atom. The third-order valence-electron chi connectivity index (χ3n) is 6.96. The molecule has 5 aromatic heterocycles. The lowest BCUT2D eigenvalue weighted by molar-refractivity contribution is 0.0115. The SMILES string of the molecule is Oc1cc(F)cc(-c2ccnc3nc(-c4n[nH]c5ccc(-c6cncc(CN7CCC(F)(F)C7)c6)nc45)[nH]c23)c1. The number of halogens is 3. The number of aromatic amines is 2. The molecule has 0 amide bonds. The Kier molecular flexibility index (Phi) is 5.52. The summed E-state index contributed by atoms with van der Waals surface area (Å²) in [5.74, 6) is -2.99. The van der Waals surface area contributed by atoms with E-state index in [-0.39, 0.29) is 18.7 Å². The van der Waals surface area contributed by atoms with Gasteiger partial charge in [-0.15, -0.1) is 0 Å². The number of pyridine rings is 3. The first-order valence-electron chi connectivity index (χ1n) is 12.6. The Balaban J connectivity index is 1.25. The zero-order chi connectivity index (χ0) is 27.4. The number of aromatic hydroxyl groups is 1. The van der Waals surface area contributed by atoms with Crippen LogP contribution in [0.15, 0.2) is 61.1 Å². The molecule has 1 fully saturated rings. The Morgan fingerprint density at radius 2 is 1.93 bits per heavy atom. The van der Waals surface area contributed by atoms with Crippen molar-refractivity contribution in [2.45, 2.75) is 18.9 Å². The number of hydrogen-bond acceptors (Lipinski definition) is 7. The van der Waals surface area contributed by atoms with E-state index in [1.807, 2.05) is 18.2 Å². The lowest BCUT2D eigenvalue weighted by atomic mass is 10.1. The van der Waals surface area contributed by atoms with Gasteiger partial charge in [-0.3, -0.25) is 15.0 Å². The van der Waals surface area contributed by atoms with Crippen molar-refractivity contribution in [3.63, 3.8) is 0 Å². The van der Waals surface area contributed by atoms with Crippen molar-refractivity contribution in [1.29, 1.82) is 0 Å². The maximum absolute atomic E-state index is 14.0. The standard InChI is InChI=1S/C28H21F3N8O/c29-18-8-16(9-19(40)10-18)20-3-5-33-26-23(20)35-27(36-26)25-24-22(37-38-25)2-1-21(34-24)17-7-15(11-32-12-17)13-39-6-4-28(30,31)14-39/h1-3,5,7-12,40H,4,6,13-14H2,(H,37,38)(H,33,35,36). The molecular weight excluding hydrogens is 521 g/mol. The van der Waals surface area contributed by atoms with Crippen LogP contribution in [0.5, 0.6) is 5.75 Å². The molecule has 0 radical (unpaired) electrons. The van der Waals surface area contributed by atoms with Crippen LogP contribution in [-0.2, 0) is 6.54 Å². The van der Waals surface area contributed by atoms with Crippen LogP contribution in [0.25, 0.3) is 56.1 Å². The largest absolute Gasteiger partial charge is 0.508 e. The lowest BCUT2D eigenvalue weighted by Gasteiger charge is -2.15. The van der Waals surface area contributed by atoms with Crippen LogP contribution in [0.3, 0.4) is 0 Å². The van der Waals surface area contributed by atoms with E-state index in [0.717, 1.165) is 17.2 Å². The first kappa shape index (κ1) is 24.2. The van der Waals surface area contributed by atoms with E-state index in [4.69, 9.17) is 4.98 Å². The second-order valence-electron chi connectivity index (χ2n) is 9.90. The molecule has 3 N–H and O–H groups in total. The minimum absolute atomic E-state index is 0.134. The van der Waals surface area contributed by atoms with Gasteiger partial charge >= 0.3 is 0 Å². The van der Waals surface area contributed by atoms with Gasteiger partial charge in [0, 0.05) is 55.3 Å². The fourth-order valence-electron chi connectivity index (χ4n) is 5.13. The van der Waals surface area contributed by atoms with E-state index in [9.17, 15) is 18.3 Å². The minimum atomic E-state index is -2.65. The van der Waals surface area contributed by atoms with Gasteiger partial charge < -0.3 is 10.1 Å². The molecule has 6 aromatic rings. The zero-order valence-electron chi connectivity index (χ0n) is 20.9. The van der Waals surface area contributed by atoms with Gasteiger partial charge in [-0.2, -0.15) is 5.10 Å². The lowest BCUT2D eigenvalue weighted by Crippen LogP contribution is -2.24. The third kappa shape index (κ3) is 4.41. The highest BCUT2D eigenvalue weighted by atomic mass is 19.3. The smallest absolute Gasteiger partial charge is 0.261 e. The van der Waals surface area contributed by atoms with Gasteiger partial charge in [-0.1, -0.05) is 0 Å². The number of fused-ring (bicyclic) bond motifs is 2. The number of phenols is 1. The molecule has 0 saturated carbocycles. The average Bonchev–Trinajstić information content (AvgIpc) is 3.63. The molecule has 1 saturated heterocycles. The van der Waals surface area contributed by atoms with Crippen LogP contribution in [0.1, 0.15) is 12.0 Å². The van der Waals surface area contributed by atoms with Crippen LogP contribution in [0, 0.1) is 5.82 Å². The molecule has 40 heavy (non-hydrogen) atoms. The van der Waals surface area contributed by atoms with Crippen molar-refractivity contribution >= 4 is 22.2 Å². The summed E-state index contributed by atoms with van der Waals surface area (Å²) in [6.45, 7) is 0.468. The second kappa shape index (κ2) is 9.12.